The van der Waals surface area contributed by atoms with Crippen molar-refractivity contribution >= 4 is 39.7 Å². The highest BCUT2D eigenvalue weighted by Crippen LogP contribution is 2.30. The van der Waals surface area contributed by atoms with Crippen molar-refractivity contribution in [1.29, 1.82) is 0 Å². The van der Waals surface area contributed by atoms with Crippen LogP contribution >= 0.6 is 11.8 Å². The molecule has 0 aliphatic heterocycles. The molecule has 1 atom stereocenters. The summed E-state index contributed by atoms with van der Waals surface area (Å²) in [7, 11) is 0. The maximum Gasteiger partial charge on any atom is 0.257 e. The zero-order valence-electron chi connectivity index (χ0n) is 18.5. The van der Waals surface area contributed by atoms with Crippen LogP contribution < -0.4 is 5.48 Å². The Morgan fingerprint density at radius 2 is 1.91 bits per heavy atom. The highest BCUT2D eigenvalue weighted by Gasteiger charge is 2.22. The molecule has 0 aliphatic carbocycles. The van der Waals surface area contributed by atoms with Gasteiger partial charge in [0.1, 0.15) is 5.52 Å². The summed E-state index contributed by atoms with van der Waals surface area (Å²) in [6.07, 6.45) is 1.55. The van der Waals surface area contributed by atoms with Crippen molar-refractivity contribution in [3.05, 3.63) is 59.7 Å². The number of rotatable bonds is 9. The van der Waals surface area contributed by atoms with Gasteiger partial charge in [0.25, 0.3) is 5.91 Å². The molecule has 32 heavy (non-hydrogen) atoms. The monoisotopic (exact) mass is 449 g/mol. The van der Waals surface area contributed by atoms with E-state index in [9.17, 15) is 4.79 Å². The number of nitrogens with zero attached hydrogens (tertiary/aromatic N) is 4. The molecule has 1 N–H and O–H groups in total. The molecule has 0 aliphatic rings. The van der Waals surface area contributed by atoms with Gasteiger partial charge in [0.05, 0.1) is 17.4 Å². The van der Waals surface area contributed by atoms with E-state index in [1.165, 1.54) is 22.9 Å². The summed E-state index contributed by atoms with van der Waals surface area (Å²) < 4.78 is 2.17. The van der Waals surface area contributed by atoms with Crippen LogP contribution in [0.15, 0.2) is 53.7 Å². The van der Waals surface area contributed by atoms with Crippen LogP contribution in [-0.4, -0.2) is 37.5 Å². The van der Waals surface area contributed by atoms with Crippen molar-refractivity contribution in [3.8, 4) is 0 Å². The molecule has 4 rings (SSSR count). The first-order valence-corrected chi connectivity index (χ1v) is 11.7. The lowest BCUT2D eigenvalue weighted by Gasteiger charge is -2.14. The number of amides is 1. The molecular weight excluding hydrogens is 422 g/mol. The highest BCUT2D eigenvalue weighted by atomic mass is 32.2. The number of thioether (sulfide) groups is 1. The molecule has 1 unspecified atom stereocenters. The van der Waals surface area contributed by atoms with Gasteiger partial charge in [-0.3, -0.25) is 9.63 Å². The Morgan fingerprint density at radius 1 is 1.12 bits per heavy atom. The number of aromatic nitrogens is 4. The molecule has 166 valence electrons. The molecule has 0 bridgehead atoms. The number of hydrogen-bond acceptors (Lipinski definition) is 6. The lowest BCUT2D eigenvalue weighted by molar-refractivity contribution is -0.132. The second-order valence-electron chi connectivity index (χ2n) is 7.65. The fourth-order valence-corrected chi connectivity index (χ4v) is 4.61. The molecule has 2 heterocycles. The van der Waals surface area contributed by atoms with Gasteiger partial charge in [-0.25, -0.2) is 10.5 Å². The van der Waals surface area contributed by atoms with E-state index in [1.54, 1.807) is 0 Å². The molecule has 4 aromatic rings. The van der Waals surface area contributed by atoms with Crippen LogP contribution in [0.1, 0.15) is 37.8 Å². The lowest BCUT2D eigenvalue weighted by Crippen LogP contribution is -2.32. The summed E-state index contributed by atoms with van der Waals surface area (Å²) in [6, 6.07) is 16.6. The molecule has 2 aromatic carbocycles. The summed E-state index contributed by atoms with van der Waals surface area (Å²) in [5, 5.41) is 10.00. The first kappa shape index (κ1) is 22.2. The van der Waals surface area contributed by atoms with Crippen molar-refractivity contribution in [2.24, 2.45) is 0 Å². The van der Waals surface area contributed by atoms with Gasteiger partial charge in [-0.05, 0) is 31.9 Å². The highest BCUT2D eigenvalue weighted by molar-refractivity contribution is 8.00. The Kier molecular flexibility index (Phi) is 7.02. The predicted octanol–water partition coefficient (Wildman–Crippen LogP) is 4.66. The zero-order valence-corrected chi connectivity index (χ0v) is 19.4. The average Bonchev–Trinajstić information content (AvgIpc) is 3.11. The predicted molar refractivity (Wildman–Crippen MR) is 127 cm³/mol. The van der Waals surface area contributed by atoms with Crippen molar-refractivity contribution in [1.82, 2.24) is 25.2 Å². The smallest absolute Gasteiger partial charge is 0.257 e. The van der Waals surface area contributed by atoms with E-state index < -0.39 is 0 Å². The fraction of sp³-hybridized carbons (Fsp3) is 0.333. The maximum absolute atomic E-state index is 12.5. The Bertz CT molecular complexity index is 1220. The van der Waals surface area contributed by atoms with Gasteiger partial charge < -0.3 is 4.57 Å². The molecule has 2 aromatic heterocycles. The summed E-state index contributed by atoms with van der Waals surface area (Å²) in [4.78, 5) is 22.4. The van der Waals surface area contributed by atoms with E-state index in [4.69, 9.17) is 9.82 Å². The van der Waals surface area contributed by atoms with Gasteiger partial charge in [0.2, 0.25) is 5.16 Å². The number of fused-ring (bicyclic) bond motifs is 3. The van der Waals surface area contributed by atoms with Gasteiger partial charge >= 0.3 is 0 Å². The van der Waals surface area contributed by atoms with Crippen LogP contribution in [0.3, 0.4) is 0 Å². The first-order chi connectivity index (χ1) is 15.6. The topological polar surface area (TPSA) is 81.9 Å². The average molecular weight is 450 g/mol. The van der Waals surface area contributed by atoms with Gasteiger partial charge in [0.15, 0.2) is 5.65 Å². The molecule has 0 fully saturated rings. The molecule has 0 saturated carbocycles. The van der Waals surface area contributed by atoms with E-state index in [0.29, 0.717) is 24.7 Å². The third kappa shape index (κ3) is 4.76. The summed E-state index contributed by atoms with van der Waals surface area (Å²) in [6.45, 7) is 7.05. The second kappa shape index (κ2) is 10.1. The third-order valence-corrected chi connectivity index (χ3v) is 6.34. The van der Waals surface area contributed by atoms with Crippen molar-refractivity contribution in [2.45, 2.75) is 50.6 Å². The second-order valence-corrected chi connectivity index (χ2v) is 8.82. The van der Waals surface area contributed by atoms with Gasteiger partial charge in [-0.1, -0.05) is 73.1 Å². The normalized spacial score (nSPS) is 12.3. The Balaban J connectivity index is 1.72. The van der Waals surface area contributed by atoms with E-state index >= 15 is 0 Å². The fourth-order valence-electron chi connectivity index (χ4n) is 3.62. The summed E-state index contributed by atoms with van der Waals surface area (Å²) in [5.74, 6) is -0.178. The Hall–Kier alpha value is -2.97. The molecule has 1 amide bonds. The largest absolute Gasteiger partial charge is 0.319 e. The zero-order chi connectivity index (χ0) is 22.5. The molecule has 7 nitrogen and oxygen atoms in total. The summed E-state index contributed by atoms with van der Waals surface area (Å²) in [5.41, 5.74) is 7.51. The number of carbonyl (C=O) groups is 1. The molecule has 0 spiro atoms. The summed E-state index contributed by atoms with van der Waals surface area (Å²) >= 11 is 1.32. The number of carbonyl (C=O) groups excluding carboxylic acids is 1. The minimum Gasteiger partial charge on any atom is -0.319 e. The minimum atomic E-state index is -0.347. The van der Waals surface area contributed by atoms with Crippen molar-refractivity contribution in [3.63, 3.8) is 0 Å². The van der Waals surface area contributed by atoms with E-state index in [1.807, 2.05) is 32.0 Å². The standard InChI is InChI=1S/C24H27N5O2S/c1-4-8-20(23(30)28-31-5-2)32-24-25-22-21(26-27-24)18-9-6-7-10-19(18)29(22)15-17-13-11-16(3)12-14-17/h6-7,9-14,20H,4-5,8,15H2,1-3H3,(H,28,30). The maximum atomic E-state index is 12.5. The SMILES string of the molecule is CCCC(Sc1nnc2c3ccccc3n(Cc3ccc(C)cc3)c2n1)C(=O)NOCC. The van der Waals surface area contributed by atoms with Crippen LogP contribution in [-0.2, 0) is 16.2 Å². The van der Waals surface area contributed by atoms with Crippen LogP contribution in [0.2, 0.25) is 0 Å². The Morgan fingerprint density at radius 3 is 2.66 bits per heavy atom. The van der Waals surface area contributed by atoms with Gasteiger partial charge in [-0.2, -0.15) is 0 Å². The van der Waals surface area contributed by atoms with E-state index in [0.717, 1.165) is 28.5 Å². The van der Waals surface area contributed by atoms with Crippen LogP contribution in [0.4, 0.5) is 0 Å². The molecule has 0 radical (unpaired) electrons. The van der Waals surface area contributed by atoms with Crippen LogP contribution in [0.5, 0.6) is 0 Å². The van der Waals surface area contributed by atoms with E-state index in [2.05, 4.69) is 57.5 Å². The number of hydroxylamine groups is 1. The molecule has 8 heteroatoms. The molecular formula is C24H27N5O2S. The van der Waals surface area contributed by atoms with Gasteiger partial charge in [0, 0.05) is 11.9 Å². The van der Waals surface area contributed by atoms with Crippen LogP contribution in [0, 0.1) is 6.92 Å². The molecule has 0 saturated heterocycles. The van der Waals surface area contributed by atoms with Crippen molar-refractivity contribution < 1.29 is 9.63 Å². The number of nitrogens with one attached hydrogen (secondary N) is 1. The quantitative estimate of drug-likeness (QED) is 0.295. The number of para-hydroxylation sites is 1. The lowest BCUT2D eigenvalue weighted by atomic mass is 10.1. The van der Waals surface area contributed by atoms with Gasteiger partial charge in [-0.15, -0.1) is 10.2 Å². The number of benzene rings is 2. The number of aryl methyl sites for hydroxylation is 1. The third-order valence-electron chi connectivity index (χ3n) is 5.22. The Labute approximate surface area is 191 Å². The van der Waals surface area contributed by atoms with Crippen LogP contribution in [0.25, 0.3) is 22.1 Å². The van der Waals surface area contributed by atoms with Crippen molar-refractivity contribution in [2.75, 3.05) is 6.61 Å². The number of hydrogen-bond donors (Lipinski definition) is 1. The first-order valence-electron chi connectivity index (χ1n) is 10.9. The minimum absolute atomic E-state index is 0.178. The van der Waals surface area contributed by atoms with E-state index in [-0.39, 0.29) is 11.2 Å².